The zero-order valence-corrected chi connectivity index (χ0v) is 13.2. The fourth-order valence-electron chi connectivity index (χ4n) is 2.57. The summed E-state index contributed by atoms with van der Waals surface area (Å²) < 4.78 is 10.1. The normalized spacial score (nSPS) is 11.9. The van der Waals surface area contributed by atoms with Gasteiger partial charge >= 0.3 is 0 Å². The average Bonchev–Trinajstić information content (AvgIpc) is 2.16. The van der Waals surface area contributed by atoms with Gasteiger partial charge in [0.15, 0.2) is 0 Å². The first-order chi connectivity index (χ1) is 8.24. The number of quaternary nitrogens is 1. The van der Waals surface area contributed by atoms with Gasteiger partial charge in [-0.3, -0.25) is 4.57 Å². The van der Waals surface area contributed by atoms with Crippen molar-refractivity contribution in [2.45, 2.75) is 53.4 Å². The molecule has 2 N–H and O–H groups in total. The lowest BCUT2D eigenvalue weighted by Gasteiger charge is -2.38. The second-order valence-corrected chi connectivity index (χ2v) is 5.71. The quantitative estimate of drug-likeness (QED) is 0.526. The van der Waals surface area contributed by atoms with Crippen molar-refractivity contribution in [2.24, 2.45) is 0 Å². The first kappa shape index (κ1) is 20.4. The molecule has 0 atom stereocenters. The molecule has 0 saturated carbocycles. The third-order valence-electron chi connectivity index (χ3n) is 2.79. The van der Waals surface area contributed by atoms with Gasteiger partial charge in [-0.05, 0) is 25.7 Å². The van der Waals surface area contributed by atoms with E-state index >= 15 is 0 Å². The summed E-state index contributed by atoms with van der Waals surface area (Å²) in [6, 6.07) is 0. The number of hydrogen-bond acceptors (Lipinski definition) is 2. The summed E-state index contributed by atoms with van der Waals surface area (Å²) in [5.74, 6) is 0. The van der Waals surface area contributed by atoms with Crippen molar-refractivity contribution in [3.63, 3.8) is 0 Å². The van der Waals surface area contributed by atoms with Gasteiger partial charge < -0.3 is 19.2 Å². The molecular formula is C12H30NO4P. The molecule has 0 heterocycles. The first-order valence-electron chi connectivity index (χ1n) is 6.86. The van der Waals surface area contributed by atoms with E-state index in [1.165, 1.54) is 56.3 Å². The lowest BCUT2D eigenvalue weighted by molar-refractivity contribution is -0.928. The van der Waals surface area contributed by atoms with Crippen molar-refractivity contribution >= 4 is 7.82 Å². The van der Waals surface area contributed by atoms with Gasteiger partial charge in [-0.1, -0.05) is 27.7 Å². The Kier molecular flexibility index (Phi) is 12.4. The van der Waals surface area contributed by atoms with E-state index in [1.807, 2.05) is 0 Å². The third kappa shape index (κ3) is 14.1. The van der Waals surface area contributed by atoms with E-state index in [1.54, 1.807) is 0 Å². The zero-order chi connectivity index (χ0) is 14.7. The Hall–Kier alpha value is 0.0700. The van der Waals surface area contributed by atoms with Crippen LogP contribution in [0.2, 0.25) is 0 Å². The molecule has 0 aromatic rings. The Balaban J connectivity index is 0. The number of hydrogen-bond donors (Lipinski definition) is 2. The van der Waals surface area contributed by atoms with Crippen LogP contribution in [0.4, 0.5) is 0 Å². The zero-order valence-electron chi connectivity index (χ0n) is 12.3. The van der Waals surface area contributed by atoms with Crippen LogP contribution in [0.25, 0.3) is 0 Å². The van der Waals surface area contributed by atoms with Crippen molar-refractivity contribution in [1.29, 1.82) is 0 Å². The first-order valence-corrected chi connectivity index (χ1v) is 8.39. The summed E-state index contributed by atoms with van der Waals surface area (Å²) in [6.07, 6.45) is 5.33. The van der Waals surface area contributed by atoms with Crippen molar-refractivity contribution in [3.8, 4) is 0 Å². The molecular weight excluding hydrogens is 253 g/mol. The van der Waals surface area contributed by atoms with Gasteiger partial charge in [0, 0.05) is 0 Å². The molecule has 0 rings (SSSR count). The molecule has 0 aliphatic carbocycles. The minimum Gasteiger partial charge on any atom is -0.756 e. The van der Waals surface area contributed by atoms with E-state index in [-0.39, 0.29) is 0 Å². The highest BCUT2D eigenvalue weighted by Crippen LogP contribution is 2.19. The van der Waals surface area contributed by atoms with Crippen molar-refractivity contribution < 1.29 is 23.7 Å². The van der Waals surface area contributed by atoms with Crippen LogP contribution >= 0.6 is 7.82 Å². The molecule has 0 radical (unpaired) electrons. The Labute approximate surface area is 112 Å². The maximum atomic E-state index is 8.77. The van der Waals surface area contributed by atoms with Gasteiger partial charge in [0.05, 0.1) is 26.2 Å². The van der Waals surface area contributed by atoms with Crippen LogP contribution in [0.15, 0.2) is 0 Å². The van der Waals surface area contributed by atoms with E-state index in [2.05, 4.69) is 27.7 Å². The van der Waals surface area contributed by atoms with Crippen LogP contribution in [-0.4, -0.2) is 40.4 Å². The Morgan fingerprint density at radius 1 is 0.833 bits per heavy atom. The largest absolute Gasteiger partial charge is 0.756 e. The highest BCUT2D eigenvalue weighted by molar-refractivity contribution is 7.43. The Morgan fingerprint density at radius 3 is 1.11 bits per heavy atom. The van der Waals surface area contributed by atoms with Crippen LogP contribution in [-0.2, 0) is 4.57 Å². The maximum absolute atomic E-state index is 8.77. The van der Waals surface area contributed by atoms with Crippen LogP contribution in [0.5, 0.6) is 0 Å². The lowest BCUT2D eigenvalue weighted by atomic mass is 10.2. The predicted octanol–water partition coefficient (Wildman–Crippen LogP) is 1.88. The fourth-order valence-corrected chi connectivity index (χ4v) is 2.57. The molecule has 0 aromatic carbocycles. The molecule has 0 aromatic heterocycles. The van der Waals surface area contributed by atoms with Crippen molar-refractivity contribution in [3.05, 3.63) is 0 Å². The van der Waals surface area contributed by atoms with Crippen LogP contribution in [0.1, 0.15) is 53.4 Å². The van der Waals surface area contributed by atoms with E-state index in [9.17, 15) is 0 Å². The fraction of sp³-hybridized carbons (Fsp3) is 1.00. The van der Waals surface area contributed by atoms with Gasteiger partial charge in [-0.2, -0.15) is 0 Å². The van der Waals surface area contributed by atoms with E-state index in [0.29, 0.717) is 0 Å². The van der Waals surface area contributed by atoms with Crippen molar-refractivity contribution in [1.82, 2.24) is 0 Å². The molecule has 0 spiro atoms. The smallest absolute Gasteiger partial charge is 0.262 e. The molecule has 6 heteroatoms. The van der Waals surface area contributed by atoms with E-state index in [4.69, 9.17) is 19.2 Å². The minimum atomic E-state index is -4.89. The lowest BCUT2D eigenvalue weighted by Crippen LogP contribution is -2.50. The summed E-state index contributed by atoms with van der Waals surface area (Å²) in [7, 11) is -4.89. The summed E-state index contributed by atoms with van der Waals surface area (Å²) in [5, 5.41) is 0. The van der Waals surface area contributed by atoms with Crippen LogP contribution in [0.3, 0.4) is 0 Å². The summed E-state index contributed by atoms with van der Waals surface area (Å²) >= 11 is 0. The predicted molar refractivity (Wildman–Crippen MR) is 72.9 cm³/mol. The monoisotopic (exact) mass is 283 g/mol. The highest BCUT2D eigenvalue weighted by atomic mass is 31.2. The molecule has 5 nitrogen and oxygen atoms in total. The third-order valence-corrected chi connectivity index (χ3v) is 2.79. The topological polar surface area (TPSA) is 80.6 Å². The van der Waals surface area contributed by atoms with E-state index < -0.39 is 7.82 Å². The van der Waals surface area contributed by atoms with E-state index in [0.717, 1.165) is 0 Å². The standard InChI is InChI=1S/C12H28N.H3O4P/c1-5-9-13(10-6-2,11-7-3)12-8-4;1-5(2,3)4/h5-12H2,1-4H3;(H3,1,2,3,4)/q+1;/p-1. The van der Waals surface area contributed by atoms with Crippen molar-refractivity contribution in [2.75, 3.05) is 26.2 Å². The molecule has 0 aliphatic heterocycles. The van der Waals surface area contributed by atoms with Gasteiger partial charge in [-0.15, -0.1) is 0 Å². The van der Waals surface area contributed by atoms with Crippen LogP contribution in [0, 0.1) is 0 Å². The Morgan fingerprint density at radius 2 is 1.00 bits per heavy atom. The summed E-state index contributed by atoms with van der Waals surface area (Å²) in [5.41, 5.74) is 0. The molecule has 0 fully saturated rings. The molecule has 112 valence electrons. The molecule has 0 saturated heterocycles. The Bertz CT molecular complexity index is 192. The second-order valence-electron chi connectivity index (χ2n) is 4.73. The maximum Gasteiger partial charge on any atom is 0.262 e. The van der Waals surface area contributed by atoms with Gasteiger partial charge in [0.1, 0.15) is 0 Å². The molecule has 0 unspecified atom stereocenters. The number of rotatable bonds is 8. The van der Waals surface area contributed by atoms with Crippen LogP contribution < -0.4 is 4.89 Å². The van der Waals surface area contributed by atoms with Gasteiger partial charge in [-0.25, -0.2) is 0 Å². The molecule has 0 amide bonds. The highest BCUT2D eigenvalue weighted by Gasteiger charge is 2.22. The number of phosphoric acid groups is 1. The second kappa shape index (κ2) is 10.9. The summed E-state index contributed by atoms with van der Waals surface area (Å²) in [4.78, 5) is 22.9. The number of nitrogens with zero attached hydrogens (tertiary/aromatic N) is 1. The molecule has 0 bridgehead atoms. The molecule has 0 aliphatic rings. The average molecular weight is 283 g/mol. The molecule has 18 heavy (non-hydrogen) atoms. The minimum absolute atomic E-state index is 1.33. The summed E-state index contributed by atoms with van der Waals surface area (Å²) in [6.45, 7) is 14.8. The van der Waals surface area contributed by atoms with Gasteiger partial charge in [0.2, 0.25) is 0 Å². The van der Waals surface area contributed by atoms with Gasteiger partial charge in [0.25, 0.3) is 7.82 Å². The SMILES string of the molecule is CCC[N+](CCC)(CCC)CCC.O=P([O-])(O)O.